The number of ether oxygens (including phenoxy) is 1. The third-order valence-corrected chi connectivity index (χ3v) is 5.07. The van der Waals surface area contributed by atoms with Crippen LogP contribution in [0, 0.1) is 0 Å². The van der Waals surface area contributed by atoms with E-state index in [-0.39, 0.29) is 12.7 Å². The number of aliphatic hydroxyl groups is 1. The lowest BCUT2D eigenvalue weighted by atomic mass is 10.1. The Morgan fingerprint density at radius 2 is 2.26 bits per heavy atom. The maximum Gasteiger partial charge on any atom is 0.129 e. The summed E-state index contributed by atoms with van der Waals surface area (Å²) < 4.78 is 11.2. The predicted octanol–water partition coefficient (Wildman–Crippen LogP) is 2.39. The van der Waals surface area contributed by atoms with Crippen LogP contribution in [0.5, 0.6) is 0 Å². The number of hydrogen-bond donors (Lipinski definition) is 2. The highest BCUT2D eigenvalue weighted by Gasteiger charge is 2.26. The number of nitrogens with one attached hydrogen (secondary N) is 1. The lowest BCUT2D eigenvalue weighted by Gasteiger charge is -2.37. The molecular formula is C17H24N2O3S. The van der Waals surface area contributed by atoms with E-state index in [0.29, 0.717) is 18.3 Å². The maximum absolute atomic E-state index is 9.05. The molecule has 1 fully saturated rings. The van der Waals surface area contributed by atoms with E-state index in [2.05, 4.69) is 34.7 Å². The van der Waals surface area contributed by atoms with Crippen molar-refractivity contribution in [2.45, 2.75) is 32.2 Å². The summed E-state index contributed by atoms with van der Waals surface area (Å²) in [6, 6.07) is 8.39. The Morgan fingerprint density at radius 1 is 1.39 bits per heavy atom. The van der Waals surface area contributed by atoms with Crippen LogP contribution in [-0.2, 0) is 17.9 Å². The van der Waals surface area contributed by atoms with E-state index in [1.165, 1.54) is 4.88 Å². The number of nitrogens with zero attached hydrogens (tertiary/aromatic N) is 1. The van der Waals surface area contributed by atoms with Crippen molar-refractivity contribution in [2.75, 3.05) is 26.2 Å². The van der Waals surface area contributed by atoms with E-state index in [4.69, 9.17) is 14.3 Å². The quantitative estimate of drug-likeness (QED) is 0.813. The van der Waals surface area contributed by atoms with Gasteiger partial charge in [0.2, 0.25) is 0 Å². The Morgan fingerprint density at radius 3 is 2.96 bits per heavy atom. The lowest BCUT2D eigenvalue weighted by Crippen LogP contribution is -2.45. The molecule has 0 aliphatic carbocycles. The second-order valence-electron chi connectivity index (χ2n) is 5.86. The number of thiophene rings is 1. The molecule has 126 valence electrons. The summed E-state index contributed by atoms with van der Waals surface area (Å²) in [7, 11) is 0. The van der Waals surface area contributed by atoms with Gasteiger partial charge < -0.3 is 19.6 Å². The van der Waals surface area contributed by atoms with Crippen LogP contribution in [0.25, 0.3) is 0 Å². The fourth-order valence-electron chi connectivity index (χ4n) is 2.95. The number of rotatable bonds is 7. The van der Waals surface area contributed by atoms with Crippen molar-refractivity contribution in [2.24, 2.45) is 0 Å². The van der Waals surface area contributed by atoms with E-state index >= 15 is 0 Å². The summed E-state index contributed by atoms with van der Waals surface area (Å²) >= 11 is 1.80. The summed E-state index contributed by atoms with van der Waals surface area (Å²) in [5.41, 5.74) is 0. The third kappa shape index (κ3) is 4.43. The highest BCUT2D eigenvalue weighted by molar-refractivity contribution is 7.10. The Hall–Kier alpha value is -1.18. The lowest BCUT2D eigenvalue weighted by molar-refractivity contribution is -0.0340. The minimum atomic E-state index is -0.0521. The second kappa shape index (κ2) is 8.08. The van der Waals surface area contributed by atoms with Crippen LogP contribution in [0.2, 0.25) is 0 Å². The zero-order valence-electron chi connectivity index (χ0n) is 13.4. The second-order valence-corrected chi connectivity index (χ2v) is 6.84. The van der Waals surface area contributed by atoms with Crippen molar-refractivity contribution < 1.29 is 14.3 Å². The molecular weight excluding hydrogens is 312 g/mol. The Bertz CT molecular complexity index is 584. The number of morpholine rings is 1. The SMILES string of the molecule is C[C@@H]1CN([C@H](CNCc2ccc(CO)o2)c2cccs2)CCO1. The fourth-order valence-corrected chi connectivity index (χ4v) is 3.81. The average molecular weight is 336 g/mol. The molecule has 0 unspecified atom stereocenters. The van der Waals surface area contributed by atoms with E-state index in [1.807, 2.05) is 12.1 Å². The topological polar surface area (TPSA) is 57.9 Å². The Labute approximate surface area is 140 Å². The largest absolute Gasteiger partial charge is 0.462 e. The van der Waals surface area contributed by atoms with E-state index < -0.39 is 0 Å². The molecule has 5 nitrogen and oxygen atoms in total. The summed E-state index contributed by atoms with van der Waals surface area (Å²) in [5.74, 6) is 1.47. The Kier molecular flexibility index (Phi) is 5.85. The smallest absolute Gasteiger partial charge is 0.129 e. The third-order valence-electron chi connectivity index (χ3n) is 4.09. The van der Waals surface area contributed by atoms with Crippen molar-refractivity contribution in [1.82, 2.24) is 10.2 Å². The van der Waals surface area contributed by atoms with Gasteiger partial charge in [-0.2, -0.15) is 0 Å². The van der Waals surface area contributed by atoms with Gasteiger partial charge in [0.1, 0.15) is 18.1 Å². The monoisotopic (exact) mass is 336 g/mol. The van der Waals surface area contributed by atoms with Gasteiger partial charge in [-0.05, 0) is 30.5 Å². The molecule has 23 heavy (non-hydrogen) atoms. The molecule has 0 saturated carbocycles. The molecule has 0 aromatic carbocycles. The molecule has 0 spiro atoms. The van der Waals surface area contributed by atoms with Crippen LogP contribution < -0.4 is 5.32 Å². The molecule has 2 N–H and O–H groups in total. The van der Waals surface area contributed by atoms with Gasteiger partial charge >= 0.3 is 0 Å². The normalized spacial score (nSPS) is 20.7. The highest BCUT2D eigenvalue weighted by atomic mass is 32.1. The first-order chi connectivity index (χ1) is 11.3. The molecule has 1 saturated heterocycles. The van der Waals surface area contributed by atoms with Gasteiger partial charge in [0, 0.05) is 24.5 Å². The van der Waals surface area contributed by atoms with Gasteiger partial charge in [0.05, 0.1) is 25.3 Å². The summed E-state index contributed by atoms with van der Waals surface area (Å²) in [6.07, 6.45) is 0.281. The zero-order chi connectivity index (χ0) is 16.1. The Balaban J connectivity index is 1.60. The van der Waals surface area contributed by atoms with Crippen LogP contribution in [0.15, 0.2) is 34.1 Å². The van der Waals surface area contributed by atoms with Crippen molar-refractivity contribution >= 4 is 11.3 Å². The van der Waals surface area contributed by atoms with Crippen LogP contribution in [0.4, 0.5) is 0 Å². The van der Waals surface area contributed by atoms with Gasteiger partial charge in [-0.1, -0.05) is 6.07 Å². The van der Waals surface area contributed by atoms with E-state index in [0.717, 1.165) is 32.0 Å². The molecule has 0 radical (unpaired) electrons. The summed E-state index contributed by atoms with van der Waals surface area (Å²) in [6.45, 7) is 6.32. The summed E-state index contributed by atoms with van der Waals surface area (Å²) in [4.78, 5) is 3.87. The molecule has 3 heterocycles. The van der Waals surface area contributed by atoms with Crippen LogP contribution in [0.3, 0.4) is 0 Å². The van der Waals surface area contributed by atoms with Crippen molar-refractivity contribution in [3.05, 3.63) is 46.0 Å². The number of aliphatic hydroxyl groups excluding tert-OH is 1. The van der Waals surface area contributed by atoms with Gasteiger partial charge in [0.15, 0.2) is 0 Å². The first kappa shape index (κ1) is 16.7. The van der Waals surface area contributed by atoms with Gasteiger partial charge in [-0.15, -0.1) is 11.3 Å². The predicted molar refractivity (Wildman–Crippen MR) is 90.4 cm³/mol. The minimum absolute atomic E-state index is 0.0521. The summed E-state index contributed by atoms with van der Waals surface area (Å²) in [5, 5.41) is 14.7. The maximum atomic E-state index is 9.05. The first-order valence-electron chi connectivity index (χ1n) is 8.04. The fraction of sp³-hybridized carbons (Fsp3) is 0.529. The molecule has 6 heteroatoms. The van der Waals surface area contributed by atoms with Crippen LogP contribution in [-0.4, -0.2) is 42.4 Å². The number of furan rings is 1. The van der Waals surface area contributed by atoms with Crippen molar-refractivity contribution in [3.63, 3.8) is 0 Å². The van der Waals surface area contributed by atoms with Gasteiger partial charge in [-0.3, -0.25) is 4.90 Å². The molecule has 1 aliphatic heterocycles. The molecule has 0 bridgehead atoms. The van der Waals surface area contributed by atoms with E-state index in [9.17, 15) is 0 Å². The molecule has 0 amide bonds. The van der Waals surface area contributed by atoms with Crippen molar-refractivity contribution in [3.8, 4) is 0 Å². The molecule has 3 rings (SSSR count). The van der Waals surface area contributed by atoms with Crippen LogP contribution >= 0.6 is 11.3 Å². The standard InChI is InChI=1S/C17H24N2O3S/c1-13-11-19(6-7-21-13)16(17-3-2-8-23-17)10-18-9-14-4-5-15(12-20)22-14/h2-5,8,13,16,18,20H,6-7,9-12H2,1H3/t13-,16-/m1/s1. The number of hydrogen-bond acceptors (Lipinski definition) is 6. The van der Waals surface area contributed by atoms with Gasteiger partial charge in [0.25, 0.3) is 0 Å². The molecule has 1 aliphatic rings. The molecule has 2 aromatic rings. The molecule has 2 aromatic heterocycles. The average Bonchev–Trinajstić information content (AvgIpc) is 3.23. The molecule has 2 atom stereocenters. The first-order valence-corrected chi connectivity index (χ1v) is 8.92. The zero-order valence-corrected chi connectivity index (χ0v) is 14.2. The van der Waals surface area contributed by atoms with Crippen LogP contribution in [0.1, 0.15) is 29.4 Å². The van der Waals surface area contributed by atoms with Crippen molar-refractivity contribution in [1.29, 1.82) is 0 Å². The van der Waals surface area contributed by atoms with Gasteiger partial charge in [-0.25, -0.2) is 0 Å². The highest BCUT2D eigenvalue weighted by Crippen LogP contribution is 2.26. The van der Waals surface area contributed by atoms with E-state index in [1.54, 1.807) is 11.3 Å². The minimum Gasteiger partial charge on any atom is -0.462 e.